The van der Waals surface area contributed by atoms with Gasteiger partial charge in [-0.15, -0.1) is 10.2 Å². The number of nitrogens with one attached hydrogen (secondary N) is 1. The number of hydrogen-bond donors (Lipinski definition) is 1. The highest BCUT2D eigenvalue weighted by molar-refractivity contribution is 7.15. The van der Waals surface area contributed by atoms with Crippen molar-refractivity contribution >= 4 is 22.4 Å². The van der Waals surface area contributed by atoms with Crippen molar-refractivity contribution in [2.75, 3.05) is 5.32 Å². The van der Waals surface area contributed by atoms with Crippen LogP contribution in [0.25, 0.3) is 0 Å². The summed E-state index contributed by atoms with van der Waals surface area (Å²) in [5.74, 6) is -0.0110. The maximum atomic E-state index is 12.9. The molecule has 0 fully saturated rings. The molecule has 0 spiro atoms. The predicted molar refractivity (Wildman–Crippen MR) is 89.8 cm³/mol. The number of ether oxygens (including phenoxy) is 1. The quantitative estimate of drug-likeness (QED) is 0.765. The number of carbonyl (C=O) groups excluding carboxylic acids is 1. The van der Waals surface area contributed by atoms with Gasteiger partial charge in [0.15, 0.2) is 0 Å². The van der Waals surface area contributed by atoms with E-state index in [0.717, 1.165) is 10.6 Å². The van der Waals surface area contributed by atoms with Crippen LogP contribution in [-0.2, 0) is 6.61 Å². The van der Waals surface area contributed by atoms with Crippen molar-refractivity contribution in [2.24, 2.45) is 0 Å². The summed E-state index contributed by atoms with van der Waals surface area (Å²) in [5, 5.41) is 11.6. The molecule has 7 heteroatoms. The van der Waals surface area contributed by atoms with Gasteiger partial charge in [-0.05, 0) is 42.8 Å². The summed E-state index contributed by atoms with van der Waals surface area (Å²) in [4.78, 5) is 12.2. The normalized spacial score (nSPS) is 10.4. The molecule has 122 valence electrons. The first-order valence-electron chi connectivity index (χ1n) is 7.19. The maximum Gasteiger partial charge on any atom is 0.257 e. The molecule has 5 nitrogen and oxygen atoms in total. The number of halogens is 1. The van der Waals surface area contributed by atoms with Crippen molar-refractivity contribution in [1.82, 2.24) is 10.2 Å². The molecule has 24 heavy (non-hydrogen) atoms. The van der Waals surface area contributed by atoms with Crippen molar-refractivity contribution < 1.29 is 13.9 Å². The van der Waals surface area contributed by atoms with E-state index in [0.29, 0.717) is 23.1 Å². The fraction of sp³-hybridized carbons (Fsp3) is 0.118. The molecule has 0 bridgehead atoms. The molecular formula is C17H14FN3O2S. The molecular weight excluding hydrogens is 329 g/mol. The minimum atomic E-state index is -0.288. The van der Waals surface area contributed by atoms with Crippen LogP contribution in [0, 0.1) is 12.7 Å². The summed E-state index contributed by atoms with van der Waals surface area (Å²) < 4.78 is 18.5. The Balaban J connectivity index is 1.64. The summed E-state index contributed by atoms with van der Waals surface area (Å²) in [6, 6.07) is 12.9. The Kier molecular flexibility index (Phi) is 4.81. The molecule has 0 radical (unpaired) electrons. The zero-order valence-electron chi connectivity index (χ0n) is 12.8. The Bertz CT molecular complexity index is 849. The fourth-order valence-corrected chi connectivity index (χ4v) is 2.58. The molecule has 2 aromatic carbocycles. The molecule has 0 saturated heterocycles. The largest absolute Gasteiger partial charge is 0.489 e. The van der Waals surface area contributed by atoms with Gasteiger partial charge in [-0.1, -0.05) is 29.5 Å². The lowest BCUT2D eigenvalue weighted by Gasteiger charge is -2.08. The maximum absolute atomic E-state index is 12.9. The lowest BCUT2D eigenvalue weighted by Crippen LogP contribution is -2.11. The Hall–Kier alpha value is -2.80. The molecule has 3 aromatic rings. The third-order valence-electron chi connectivity index (χ3n) is 3.16. The van der Waals surface area contributed by atoms with Gasteiger partial charge in [-0.3, -0.25) is 10.1 Å². The van der Waals surface area contributed by atoms with Gasteiger partial charge >= 0.3 is 0 Å². The lowest BCUT2D eigenvalue weighted by molar-refractivity contribution is 0.102. The van der Waals surface area contributed by atoms with Crippen LogP contribution in [0.5, 0.6) is 5.75 Å². The van der Waals surface area contributed by atoms with E-state index in [4.69, 9.17) is 4.74 Å². The SMILES string of the molecule is Cc1nnc(NC(=O)c2cccc(OCc3ccc(F)cc3)c2)s1. The number of carbonyl (C=O) groups is 1. The number of aromatic nitrogens is 2. The minimum Gasteiger partial charge on any atom is -0.489 e. The van der Waals surface area contributed by atoms with Crippen LogP contribution in [0.3, 0.4) is 0 Å². The van der Waals surface area contributed by atoms with Gasteiger partial charge < -0.3 is 4.74 Å². The number of nitrogens with zero attached hydrogens (tertiary/aromatic N) is 2. The lowest BCUT2D eigenvalue weighted by atomic mass is 10.2. The highest BCUT2D eigenvalue weighted by Crippen LogP contribution is 2.18. The van der Waals surface area contributed by atoms with E-state index in [-0.39, 0.29) is 11.7 Å². The van der Waals surface area contributed by atoms with Crippen LogP contribution >= 0.6 is 11.3 Å². The van der Waals surface area contributed by atoms with E-state index in [1.165, 1.54) is 23.5 Å². The van der Waals surface area contributed by atoms with Crippen molar-refractivity contribution in [3.63, 3.8) is 0 Å². The van der Waals surface area contributed by atoms with E-state index >= 15 is 0 Å². The summed E-state index contributed by atoms with van der Waals surface area (Å²) in [5.41, 5.74) is 1.30. The topological polar surface area (TPSA) is 64.1 Å². The third kappa shape index (κ3) is 4.14. The second kappa shape index (κ2) is 7.18. The van der Waals surface area contributed by atoms with E-state index in [1.54, 1.807) is 36.4 Å². The van der Waals surface area contributed by atoms with Crippen LogP contribution in [0.4, 0.5) is 9.52 Å². The summed E-state index contributed by atoms with van der Waals surface area (Å²) in [6.07, 6.45) is 0. The molecule has 0 unspecified atom stereocenters. The standard InChI is InChI=1S/C17H14FN3O2S/c1-11-20-21-17(24-11)19-16(22)13-3-2-4-15(9-13)23-10-12-5-7-14(18)8-6-12/h2-9H,10H2,1H3,(H,19,21,22). The van der Waals surface area contributed by atoms with Gasteiger partial charge in [0, 0.05) is 5.56 Å². The number of benzene rings is 2. The van der Waals surface area contributed by atoms with Gasteiger partial charge in [0.1, 0.15) is 23.2 Å². The minimum absolute atomic E-state index is 0.279. The number of amides is 1. The van der Waals surface area contributed by atoms with Gasteiger partial charge in [0.25, 0.3) is 5.91 Å². The van der Waals surface area contributed by atoms with Crippen LogP contribution < -0.4 is 10.1 Å². The highest BCUT2D eigenvalue weighted by atomic mass is 32.1. The average molecular weight is 343 g/mol. The number of rotatable bonds is 5. The molecule has 1 N–H and O–H groups in total. The Morgan fingerprint density at radius 1 is 1.21 bits per heavy atom. The van der Waals surface area contributed by atoms with Crippen molar-refractivity contribution in [3.8, 4) is 5.75 Å². The monoisotopic (exact) mass is 343 g/mol. The molecule has 1 amide bonds. The number of hydrogen-bond acceptors (Lipinski definition) is 5. The van der Waals surface area contributed by atoms with Crippen molar-refractivity contribution in [3.05, 3.63) is 70.5 Å². The van der Waals surface area contributed by atoms with Crippen LogP contribution in [-0.4, -0.2) is 16.1 Å². The summed E-state index contributed by atoms with van der Waals surface area (Å²) >= 11 is 1.31. The van der Waals surface area contributed by atoms with E-state index in [1.807, 2.05) is 6.92 Å². The first kappa shape index (κ1) is 16.1. The fourth-order valence-electron chi connectivity index (χ4n) is 1.99. The smallest absolute Gasteiger partial charge is 0.257 e. The van der Waals surface area contributed by atoms with Crippen LogP contribution in [0.15, 0.2) is 48.5 Å². The summed E-state index contributed by atoms with van der Waals surface area (Å²) in [7, 11) is 0. The van der Waals surface area contributed by atoms with E-state index in [2.05, 4.69) is 15.5 Å². The first-order chi connectivity index (χ1) is 11.6. The summed E-state index contributed by atoms with van der Waals surface area (Å²) in [6.45, 7) is 2.11. The Labute approximate surface area is 142 Å². The zero-order valence-corrected chi connectivity index (χ0v) is 13.6. The molecule has 0 saturated carbocycles. The first-order valence-corrected chi connectivity index (χ1v) is 8.00. The average Bonchev–Trinajstić information content (AvgIpc) is 2.99. The predicted octanol–water partition coefficient (Wildman–Crippen LogP) is 3.82. The molecule has 1 aromatic heterocycles. The van der Waals surface area contributed by atoms with Gasteiger partial charge in [-0.2, -0.15) is 0 Å². The Morgan fingerprint density at radius 3 is 2.71 bits per heavy atom. The molecule has 0 aliphatic rings. The third-order valence-corrected chi connectivity index (χ3v) is 3.92. The molecule has 1 heterocycles. The van der Waals surface area contributed by atoms with Crippen LogP contribution in [0.2, 0.25) is 0 Å². The number of anilines is 1. The molecule has 3 rings (SSSR count). The van der Waals surface area contributed by atoms with Gasteiger partial charge in [0.05, 0.1) is 0 Å². The van der Waals surface area contributed by atoms with Crippen LogP contribution in [0.1, 0.15) is 20.9 Å². The van der Waals surface area contributed by atoms with Gasteiger partial charge in [-0.25, -0.2) is 4.39 Å². The van der Waals surface area contributed by atoms with Crippen molar-refractivity contribution in [1.29, 1.82) is 0 Å². The van der Waals surface area contributed by atoms with Crippen molar-refractivity contribution in [2.45, 2.75) is 13.5 Å². The molecule has 0 aliphatic heterocycles. The second-order valence-corrected chi connectivity index (χ2v) is 6.20. The Morgan fingerprint density at radius 2 is 2.00 bits per heavy atom. The molecule has 0 atom stereocenters. The second-order valence-electron chi connectivity index (χ2n) is 5.02. The van der Waals surface area contributed by atoms with E-state index in [9.17, 15) is 9.18 Å². The zero-order chi connectivity index (χ0) is 16.9. The van der Waals surface area contributed by atoms with Gasteiger partial charge in [0.2, 0.25) is 5.13 Å². The highest BCUT2D eigenvalue weighted by Gasteiger charge is 2.10. The number of aryl methyl sites for hydroxylation is 1. The van der Waals surface area contributed by atoms with E-state index < -0.39 is 0 Å². The molecule has 0 aliphatic carbocycles.